The van der Waals surface area contributed by atoms with Gasteiger partial charge in [0.15, 0.2) is 0 Å². The Balaban J connectivity index is 2.64. The zero-order valence-electron chi connectivity index (χ0n) is 8.63. The number of aliphatic hydroxyl groups is 1. The lowest BCUT2D eigenvalue weighted by atomic mass is 10.1. The number of hydrogen-bond donors (Lipinski definition) is 2. The first-order valence-electron chi connectivity index (χ1n) is 4.99. The Bertz CT molecular complexity index is 319. The topological polar surface area (TPSA) is 32.3 Å². The lowest BCUT2D eigenvalue weighted by molar-refractivity contribution is 0.175. The van der Waals surface area contributed by atoms with Crippen LogP contribution in [0.2, 0.25) is 5.02 Å². The van der Waals surface area contributed by atoms with Crippen LogP contribution in [0.3, 0.4) is 0 Å². The second-order valence-electron chi connectivity index (χ2n) is 3.39. The molecular formula is C11H15BrClNO. The lowest BCUT2D eigenvalue weighted by Gasteiger charge is -2.13. The molecule has 2 N–H and O–H groups in total. The highest BCUT2D eigenvalue weighted by Crippen LogP contribution is 2.26. The molecule has 1 aromatic carbocycles. The van der Waals surface area contributed by atoms with Crippen molar-refractivity contribution in [2.45, 2.75) is 19.4 Å². The van der Waals surface area contributed by atoms with Crippen LogP contribution < -0.4 is 5.32 Å². The molecule has 0 radical (unpaired) electrons. The van der Waals surface area contributed by atoms with Crippen LogP contribution in [0.4, 0.5) is 0 Å². The number of benzene rings is 1. The molecule has 4 heteroatoms. The summed E-state index contributed by atoms with van der Waals surface area (Å²) in [5.74, 6) is 0. The first-order valence-corrected chi connectivity index (χ1v) is 6.16. The molecule has 84 valence electrons. The van der Waals surface area contributed by atoms with Crippen LogP contribution in [-0.4, -0.2) is 18.2 Å². The molecule has 0 aliphatic rings. The van der Waals surface area contributed by atoms with Gasteiger partial charge in [0, 0.05) is 21.6 Å². The van der Waals surface area contributed by atoms with E-state index in [-0.39, 0.29) is 0 Å². The van der Waals surface area contributed by atoms with E-state index in [9.17, 15) is 5.11 Å². The molecule has 0 amide bonds. The molecule has 15 heavy (non-hydrogen) atoms. The summed E-state index contributed by atoms with van der Waals surface area (Å²) in [4.78, 5) is 0. The second-order valence-corrected chi connectivity index (χ2v) is 4.71. The second kappa shape index (κ2) is 6.48. The summed E-state index contributed by atoms with van der Waals surface area (Å²) < 4.78 is 0.927. The van der Waals surface area contributed by atoms with E-state index in [2.05, 4.69) is 28.2 Å². The molecule has 0 spiro atoms. The van der Waals surface area contributed by atoms with Gasteiger partial charge in [-0.25, -0.2) is 0 Å². The maximum absolute atomic E-state index is 9.88. The minimum atomic E-state index is -0.554. The van der Waals surface area contributed by atoms with Crippen molar-refractivity contribution >= 4 is 27.5 Å². The third kappa shape index (κ3) is 4.11. The van der Waals surface area contributed by atoms with E-state index in [0.29, 0.717) is 11.6 Å². The van der Waals surface area contributed by atoms with Gasteiger partial charge in [-0.1, -0.05) is 34.5 Å². The molecule has 0 saturated carbocycles. The van der Waals surface area contributed by atoms with Crippen molar-refractivity contribution in [2.24, 2.45) is 0 Å². The molecule has 0 fully saturated rings. The van der Waals surface area contributed by atoms with Gasteiger partial charge in [0.1, 0.15) is 0 Å². The number of rotatable bonds is 5. The molecule has 0 aliphatic heterocycles. The van der Waals surface area contributed by atoms with E-state index >= 15 is 0 Å². The summed E-state index contributed by atoms with van der Waals surface area (Å²) in [6, 6.07) is 5.49. The monoisotopic (exact) mass is 291 g/mol. The number of nitrogens with one attached hydrogen (secondary N) is 1. The van der Waals surface area contributed by atoms with Crippen LogP contribution in [-0.2, 0) is 0 Å². The van der Waals surface area contributed by atoms with Gasteiger partial charge in [0.2, 0.25) is 0 Å². The molecule has 2 nitrogen and oxygen atoms in total. The van der Waals surface area contributed by atoms with E-state index in [1.807, 2.05) is 12.1 Å². The van der Waals surface area contributed by atoms with Crippen molar-refractivity contribution in [2.75, 3.05) is 13.1 Å². The minimum absolute atomic E-state index is 0.532. The Kier molecular flexibility index (Phi) is 5.61. The zero-order valence-corrected chi connectivity index (χ0v) is 11.0. The third-order valence-electron chi connectivity index (χ3n) is 2.08. The first-order chi connectivity index (χ1) is 7.15. The van der Waals surface area contributed by atoms with Crippen molar-refractivity contribution in [3.05, 3.63) is 33.3 Å². The lowest BCUT2D eigenvalue weighted by Crippen LogP contribution is -2.22. The average Bonchev–Trinajstić information content (AvgIpc) is 2.22. The van der Waals surface area contributed by atoms with Gasteiger partial charge in [0.25, 0.3) is 0 Å². The SMILES string of the molecule is CCCNCC(O)c1cc(Br)ccc1Cl. The molecule has 0 bridgehead atoms. The van der Waals surface area contributed by atoms with Gasteiger partial charge < -0.3 is 10.4 Å². The van der Waals surface area contributed by atoms with Crippen LogP contribution in [0.25, 0.3) is 0 Å². The number of hydrogen-bond acceptors (Lipinski definition) is 2. The van der Waals surface area contributed by atoms with Gasteiger partial charge in [-0.15, -0.1) is 0 Å². The molecule has 1 atom stereocenters. The number of halogens is 2. The Hall–Kier alpha value is -0.0900. The highest BCUT2D eigenvalue weighted by molar-refractivity contribution is 9.10. The van der Waals surface area contributed by atoms with E-state index in [1.54, 1.807) is 6.07 Å². The molecule has 0 saturated heterocycles. The fourth-order valence-electron chi connectivity index (χ4n) is 1.30. The smallest absolute Gasteiger partial charge is 0.0929 e. The molecule has 0 heterocycles. The third-order valence-corrected chi connectivity index (χ3v) is 2.92. The normalized spacial score (nSPS) is 12.8. The quantitative estimate of drug-likeness (QED) is 0.817. The Labute approximate surface area is 104 Å². The number of aliphatic hydroxyl groups excluding tert-OH is 1. The zero-order chi connectivity index (χ0) is 11.3. The van der Waals surface area contributed by atoms with Crippen LogP contribution in [0.15, 0.2) is 22.7 Å². The molecule has 0 aliphatic carbocycles. The van der Waals surface area contributed by atoms with Crippen molar-refractivity contribution < 1.29 is 5.11 Å². The van der Waals surface area contributed by atoms with E-state index in [1.165, 1.54) is 0 Å². The molecule has 1 aromatic rings. The highest BCUT2D eigenvalue weighted by Gasteiger charge is 2.11. The van der Waals surface area contributed by atoms with Crippen molar-refractivity contribution in [3.63, 3.8) is 0 Å². The predicted octanol–water partition coefficient (Wildman–Crippen LogP) is 3.14. The van der Waals surface area contributed by atoms with Crippen molar-refractivity contribution in [1.29, 1.82) is 0 Å². The van der Waals surface area contributed by atoms with Gasteiger partial charge >= 0.3 is 0 Å². The summed E-state index contributed by atoms with van der Waals surface area (Å²) in [7, 11) is 0. The van der Waals surface area contributed by atoms with E-state index in [0.717, 1.165) is 23.0 Å². The fourth-order valence-corrected chi connectivity index (χ4v) is 1.92. The van der Waals surface area contributed by atoms with E-state index < -0.39 is 6.10 Å². The standard InChI is InChI=1S/C11H15BrClNO/c1-2-5-14-7-11(15)9-6-8(12)3-4-10(9)13/h3-4,6,11,14-15H,2,5,7H2,1H3. The van der Waals surface area contributed by atoms with Gasteiger partial charge in [-0.3, -0.25) is 0 Å². The maximum atomic E-state index is 9.88. The Morgan fingerprint density at radius 1 is 1.53 bits per heavy atom. The first kappa shape index (κ1) is 13.0. The predicted molar refractivity (Wildman–Crippen MR) is 67.3 cm³/mol. The van der Waals surface area contributed by atoms with Gasteiger partial charge in [0.05, 0.1) is 6.10 Å². The van der Waals surface area contributed by atoms with Crippen LogP contribution in [0.5, 0.6) is 0 Å². The Morgan fingerprint density at radius 3 is 2.93 bits per heavy atom. The average molecular weight is 293 g/mol. The van der Waals surface area contributed by atoms with Crippen molar-refractivity contribution in [3.8, 4) is 0 Å². The highest BCUT2D eigenvalue weighted by atomic mass is 79.9. The summed E-state index contributed by atoms with van der Waals surface area (Å²) in [6.45, 7) is 3.53. The Morgan fingerprint density at radius 2 is 2.27 bits per heavy atom. The largest absolute Gasteiger partial charge is 0.387 e. The maximum Gasteiger partial charge on any atom is 0.0929 e. The minimum Gasteiger partial charge on any atom is -0.387 e. The van der Waals surface area contributed by atoms with Crippen molar-refractivity contribution in [1.82, 2.24) is 5.32 Å². The molecular weight excluding hydrogens is 277 g/mol. The molecule has 1 unspecified atom stereocenters. The van der Waals surface area contributed by atoms with Gasteiger partial charge in [-0.05, 0) is 31.2 Å². The summed E-state index contributed by atoms with van der Waals surface area (Å²) in [6.07, 6.45) is 0.500. The summed E-state index contributed by atoms with van der Waals surface area (Å²) >= 11 is 9.35. The van der Waals surface area contributed by atoms with Crippen LogP contribution in [0.1, 0.15) is 25.0 Å². The summed E-state index contributed by atoms with van der Waals surface area (Å²) in [5, 5.41) is 13.6. The molecule has 0 aromatic heterocycles. The molecule has 1 rings (SSSR count). The fraction of sp³-hybridized carbons (Fsp3) is 0.455. The van der Waals surface area contributed by atoms with E-state index in [4.69, 9.17) is 11.6 Å². The van der Waals surface area contributed by atoms with Crippen LogP contribution >= 0.6 is 27.5 Å². The van der Waals surface area contributed by atoms with Crippen LogP contribution in [0, 0.1) is 0 Å². The van der Waals surface area contributed by atoms with Gasteiger partial charge in [-0.2, -0.15) is 0 Å². The summed E-state index contributed by atoms with van der Waals surface area (Å²) in [5.41, 5.74) is 0.759.